The van der Waals surface area contributed by atoms with Crippen molar-refractivity contribution >= 4 is 0 Å². The highest BCUT2D eigenvalue weighted by Crippen LogP contribution is 2.33. The number of pyridine rings is 2. The maximum Gasteiger partial charge on any atom is 0.241 e. The molecule has 6 nitrogen and oxygen atoms in total. The minimum Gasteiger partial charge on any atom is -0.435 e. The van der Waals surface area contributed by atoms with E-state index in [0.717, 1.165) is 55.3 Å². The molecule has 27 heavy (non-hydrogen) atoms. The number of nitrogens with zero attached hydrogens (tertiary/aromatic N) is 5. The lowest BCUT2D eigenvalue weighted by Gasteiger charge is -2.32. The van der Waals surface area contributed by atoms with Gasteiger partial charge in [-0.2, -0.15) is 0 Å². The van der Waals surface area contributed by atoms with Crippen LogP contribution in [0, 0.1) is 6.92 Å². The maximum atomic E-state index is 6.08. The van der Waals surface area contributed by atoms with E-state index in [0.29, 0.717) is 11.8 Å². The monoisotopic (exact) mass is 361 g/mol. The summed E-state index contributed by atoms with van der Waals surface area (Å²) < 4.78 is 6.08. The van der Waals surface area contributed by atoms with E-state index >= 15 is 0 Å². The third kappa shape index (κ3) is 4.28. The molecular formula is C21H23N5O. The van der Waals surface area contributed by atoms with Gasteiger partial charge in [0.2, 0.25) is 5.88 Å². The van der Waals surface area contributed by atoms with Crippen molar-refractivity contribution in [2.24, 2.45) is 0 Å². The molecule has 0 bridgehead atoms. The Kier molecular flexibility index (Phi) is 5.34. The van der Waals surface area contributed by atoms with Crippen LogP contribution >= 0.6 is 0 Å². The molecule has 0 saturated carbocycles. The molecule has 3 aromatic rings. The van der Waals surface area contributed by atoms with Gasteiger partial charge in [0, 0.05) is 43.8 Å². The SMILES string of the molecule is Cc1ncccc1Oc1nccnc1[C@@H]1CCCN(Cc2ccccn2)C1. The van der Waals surface area contributed by atoms with Crippen molar-refractivity contribution in [3.05, 3.63) is 72.2 Å². The van der Waals surface area contributed by atoms with Gasteiger partial charge in [-0.1, -0.05) is 6.07 Å². The number of hydrogen-bond donors (Lipinski definition) is 0. The Labute approximate surface area is 159 Å². The summed E-state index contributed by atoms with van der Waals surface area (Å²) >= 11 is 0. The first kappa shape index (κ1) is 17.5. The van der Waals surface area contributed by atoms with Gasteiger partial charge >= 0.3 is 0 Å². The zero-order chi connectivity index (χ0) is 18.5. The molecule has 6 heteroatoms. The van der Waals surface area contributed by atoms with Gasteiger partial charge in [0.05, 0.1) is 11.4 Å². The summed E-state index contributed by atoms with van der Waals surface area (Å²) in [6.07, 6.45) is 9.24. The lowest BCUT2D eigenvalue weighted by atomic mass is 9.94. The van der Waals surface area contributed by atoms with Crippen LogP contribution in [0.15, 0.2) is 55.1 Å². The first-order chi connectivity index (χ1) is 13.3. The summed E-state index contributed by atoms with van der Waals surface area (Å²) in [5.41, 5.74) is 2.86. The number of piperidine rings is 1. The molecule has 1 fully saturated rings. The van der Waals surface area contributed by atoms with Gasteiger partial charge in [-0.25, -0.2) is 4.98 Å². The summed E-state index contributed by atoms with van der Waals surface area (Å²) in [5.74, 6) is 1.60. The fraction of sp³-hybridized carbons (Fsp3) is 0.333. The van der Waals surface area contributed by atoms with Crippen molar-refractivity contribution in [3.8, 4) is 11.6 Å². The minimum absolute atomic E-state index is 0.295. The number of likely N-dealkylation sites (tertiary alicyclic amines) is 1. The standard InChI is InChI=1S/C21H23N5O/c1-16-19(8-4-10-22-16)27-21-20(24-11-12-25-21)17-6-5-13-26(14-17)15-18-7-2-3-9-23-18/h2-4,7-12,17H,5-6,13-15H2,1H3/t17-/m1/s1. The normalized spacial score (nSPS) is 17.6. The second kappa shape index (κ2) is 8.22. The molecule has 0 N–H and O–H groups in total. The van der Waals surface area contributed by atoms with Gasteiger partial charge in [0.25, 0.3) is 0 Å². The number of hydrogen-bond acceptors (Lipinski definition) is 6. The smallest absolute Gasteiger partial charge is 0.241 e. The molecule has 0 unspecified atom stereocenters. The molecule has 0 aromatic carbocycles. The Balaban J connectivity index is 1.52. The van der Waals surface area contributed by atoms with E-state index in [1.165, 1.54) is 0 Å². The highest BCUT2D eigenvalue weighted by Gasteiger charge is 2.26. The lowest BCUT2D eigenvalue weighted by molar-refractivity contribution is 0.194. The maximum absolute atomic E-state index is 6.08. The average Bonchev–Trinajstić information content (AvgIpc) is 2.71. The summed E-state index contributed by atoms with van der Waals surface area (Å²) in [7, 11) is 0. The zero-order valence-electron chi connectivity index (χ0n) is 15.5. The van der Waals surface area contributed by atoms with E-state index < -0.39 is 0 Å². The quantitative estimate of drug-likeness (QED) is 0.690. The fourth-order valence-electron chi connectivity index (χ4n) is 3.52. The highest BCUT2D eigenvalue weighted by atomic mass is 16.5. The summed E-state index contributed by atoms with van der Waals surface area (Å²) in [4.78, 5) is 20.3. The molecule has 1 aliphatic heterocycles. The van der Waals surface area contributed by atoms with Crippen LogP contribution in [0.3, 0.4) is 0 Å². The second-order valence-electron chi connectivity index (χ2n) is 6.83. The van der Waals surface area contributed by atoms with E-state index in [1.807, 2.05) is 37.4 Å². The van der Waals surface area contributed by atoms with Crippen molar-refractivity contribution in [2.75, 3.05) is 13.1 Å². The van der Waals surface area contributed by atoms with Crippen molar-refractivity contribution in [1.82, 2.24) is 24.8 Å². The zero-order valence-corrected chi connectivity index (χ0v) is 15.5. The van der Waals surface area contributed by atoms with Gasteiger partial charge < -0.3 is 4.74 Å². The third-order valence-corrected chi connectivity index (χ3v) is 4.86. The van der Waals surface area contributed by atoms with Crippen LogP contribution in [0.2, 0.25) is 0 Å². The van der Waals surface area contributed by atoms with E-state index in [9.17, 15) is 0 Å². The van der Waals surface area contributed by atoms with E-state index in [4.69, 9.17) is 4.74 Å². The molecule has 4 heterocycles. The van der Waals surface area contributed by atoms with Crippen molar-refractivity contribution in [1.29, 1.82) is 0 Å². The van der Waals surface area contributed by atoms with Crippen LogP contribution in [0.25, 0.3) is 0 Å². The van der Waals surface area contributed by atoms with Gasteiger partial charge in [-0.05, 0) is 50.6 Å². The summed E-state index contributed by atoms with van der Waals surface area (Å²) in [5, 5.41) is 0. The number of aryl methyl sites for hydroxylation is 1. The van der Waals surface area contributed by atoms with E-state index in [2.05, 4.69) is 30.9 Å². The Morgan fingerprint density at radius 3 is 2.74 bits per heavy atom. The molecule has 1 saturated heterocycles. The predicted molar refractivity (Wildman–Crippen MR) is 103 cm³/mol. The Hall–Kier alpha value is -2.86. The van der Waals surface area contributed by atoms with Crippen molar-refractivity contribution < 1.29 is 4.74 Å². The van der Waals surface area contributed by atoms with Gasteiger partial charge in [0.15, 0.2) is 5.75 Å². The second-order valence-corrected chi connectivity index (χ2v) is 6.83. The summed E-state index contributed by atoms with van der Waals surface area (Å²) in [6.45, 7) is 4.79. The lowest BCUT2D eigenvalue weighted by Crippen LogP contribution is -2.34. The predicted octanol–water partition coefficient (Wildman–Crippen LogP) is 3.75. The molecule has 0 radical (unpaired) electrons. The van der Waals surface area contributed by atoms with Crippen LogP contribution in [-0.4, -0.2) is 37.9 Å². The number of aromatic nitrogens is 4. The molecule has 0 amide bonds. The van der Waals surface area contributed by atoms with Crippen LogP contribution in [0.4, 0.5) is 0 Å². The molecule has 3 aromatic heterocycles. The molecule has 0 aliphatic carbocycles. The highest BCUT2D eigenvalue weighted by molar-refractivity contribution is 5.33. The molecular weight excluding hydrogens is 338 g/mol. The molecule has 1 aliphatic rings. The Morgan fingerprint density at radius 2 is 1.89 bits per heavy atom. The molecule has 4 rings (SSSR count). The first-order valence-electron chi connectivity index (χ1n) is 9.32. The Bertz CT molecular complexity index is 887. The van der Waals surface area contributed by atoms with E-state index in [-0.39, 0.29) is 0 Å². The van der Waals surface area contributed by atoms with Crippen molar-refractivity contribution in [3.63, 3.8) is 0 Å². The number of rotatable bonds is 5. The van der Waals surface area contributed by atoms with Gasteiger partial charge in [0.1, 0.15) is 5.69 Å². The van der Waals surface area contributed by atoms with E-state index in [1.54, 1.807) is 18.6 Å². The van der Waals surface area contributed by atoms with Gasteiger partial charge in [-0.3, -0.25) is 19.9 Å². The minimum atomic E-state index is 0.295. The molecule has 1 atom stereocenters. The van der Waals surface area contributed by atoms with Crippen LogP contribution in [0.1, 0.15) is 35.8 Å². The number of ether oxygens (including phenoxy) is 1. The topological polar surface area (TPSA) is 64.0 Å². The van der Waals surface area contributed by atoms with Crippen LogP contribution in [-0.2, 0) is 6.54 Å². The van der Waals surface area contributed by atoms with Gasteiger partial charge in [-0.15, -0.1) is 0 Å². The van der Waals surface area contributed by atoms with Crippen molar-refractivity contribution in [2.45, 2.75) is 32.2 Å². The molecule has 0 spiro atoms. The average molecular weight is 361 g/mol. The largest absolute Gasteiger partial charge is 0.435 e. The first-order valence-corrected chi connectivity index (χ1v) is 9.32. The van der Waals surface area contributed by atoms with Crippen LogP contribution in [0.5, 0.6) is 11.6 Å². The van der Waals surface area contributed by atoms with Crippen LogP contribution < -0.4 is 4.74 Å². The summed E-state index contributed by atoms with van der Waals surface area (Å²) in [6, 6.07) is 9.84. The third-order valence-electron chi connectivity index (χ3n) is 4.86. The molecule has 138 valence electrons. The fourth-order valence-corrected chi connectivity index (χ4v) is 3.52. The Morgan fingerprint density at radius 1 is 1.00 bits per heavy atom.